The topological polar surface area (TPSA) is 258 Å². The van der Waals surface area contributed by atoms with Crippen LogP contribution in [-0.2, 0) is 34.0 Å². The van der Waals surface area contributed by atoms with Crippen LogP contribution in [0.1, 0.15) is 101 Å². The molecule has 2 atom stereocenters. The maximum Gasteiger partial charge on any atom is 0.408 e. The fourth-order valence-electron chi connectivity index (χ4n) is 7.62. The molecule has 7 rings (SSSR count). The van der Waals surface area contributed by atoms with Crippen molar-refractivity contribution in [3.8, 4) is 11.4 Å². The monoisotopic (exact) mass is 962 g/mol. The lowest BCUT2D eigenvalue weighted by atomic mass is 9.92. The molecular weight excluding hydrogens is 905 g/mol. The fraction of sp³-hybridized carbons (Fsp3) is 0.408. The highest BCUT2D eigenvalue weighted by Gasteiger charge is 2.50. The minimum absolute atomic E-state index is 0.0373. The molecular formula is C49H58N10O11. The predicted molar refractivity (Wildman–Crippen MR) is 256 cm³/mol. The molecule has 3 aromatic carbocycles. The van der Waals surface area contributed by atoms with E-state index in [-0.39, 0.29) is 67.9 Å². The summed E-state index contributed by atoms with van der Waals surface area (Å²) in [6.45, 7) is 15.2. The quantitative estimate of drug-likeness (QED) is 0.0369. The number of ether oxygens (including phenoxy) is 4. The van der Waals surface area contributed by atoms with Crippen LogP contribution in [0.2, 0.25) is 0 Å². The normalized spacial score (nSPS) is 14.9. The standard InChI is InChI=1S/C49H58N10O11/c1-28(2)41(54-46(66)70-49(6,7)8)44(64)69-47(58-38(60)13-10-14-39(58)61)59-42(62)32-11-9-12-33(40(32)43(59)63)50-21-22-67-23-24-68-31-19-20-35-34(25-31)51-27-57(35)30-17-15-29(16-18-30)52-45(65)53-37-26-36(55-56-37)48(3,4)5/h9,11-12,15-20,25-28,41,47,50H,10,13-14,21-24H2,1-8H3,(H,54,66)(H3,52,53,55,56,65)/t41-,47?/m0/s1. The van der Waals surface area contributed by atoms with Crippen LogP contribution in [0.4, 0.5) is 26.8 Å². The Bertz CT molecular complexity index is 2770. The number of aromatic nitrogens is 4. The number of aromatic amines is 1. The maximum atomic E-state index is 14.2. The SMILES string of the molecule is CC(C)[C@H](NC(=O)OC(C)(C)C)C(=O)OC(N1C(=O)CCCC1=O)N1C(=O)c2cccc(NCCOCCOc3ccc4c(c3)ncn4-c3ccc(NC(=O)Nc4cc(C(C)(C)C)[nH]n4)cc3)c2C1=O. The van der Waals surface area contributed by atoms with Gasteiger partial charge in [-0.1, -0.05) is 40.7 Å². The largest absolute Gasteiger partial charge is 0.491 e. The molecule has 0 spiro atoms. The van der Waals surface area contributed by atoms with Gasteiger partial charge in [-0.25, -0.2) is 29.2 Å². The first-order valence-electron chi connectivity index (χ1n) is 22.9. The van der Waals surface area contributed by atoms with Gasteiger partial charge in [0.1, 0.15) is 30.3 Å². The van der Waals surface area contributed by atoms with Gasteiger partial charge in [0.15, 0.2) is 5.82 Å². The average molecular weight is 963 g/mol. The van der Waals surface area contributed by atoms with Gasteiger partial charge in [0.25, 0.3) is 18.2 Å². The van der Waals surface area contributed by atoms with Crippen LogP contribution in [0.5, 0.6) is 5.75 Å². The van der Waals surface area contributed by atoms with Crippen molar-refractivity contribution in [1.82, 2.24) is 34.9 Å². The van der Waals surface area contributed by atoms with Gasteiger partial charge in [-0.3, -0.25) is 34.2 Å². The summed E-state index contributed by atoms with van der Waals surface area (Å²) in [5.41, 5.74) is 3.05. The fourth-order valence-corrected chi connectivity index (χ4v) is 7.62. The molecule has 2 aromatic heterocycles. The van der Waals surface area contributed by atoms with E-state index in [0.29, 0.717) is 32.6 Å². The third kappa shape index (κ3) is 11.7. The number of hydrogen-bond donors (Lipinski definition) is 5. The summed E-state index contributed by atoms with van der Waals surface area (Å²) in [5, 5.41) is 18.2. The molecule has 5 N–H and O–H groups in total. The zero-order valence-corrected chi connectivity index (χ0v) is 40.3. The van der Waals surface area contributed by atoms with Crippen LogP contribution in [0, 0.1) is 5.92 Å². The lowest BCUT2D eigenvalue weighted by Gasteiger charge is -2.37. The van der Waals surface area contributed by atoms with E-state index < -0.39 is 65.6 Å². The molecule has 70 heavy (non-hydrogen) atoms. The van der Waals surface area contributed by atoms with Gasteiger partial charge in [-0.15, -0.1) is 0 Å². The Morgan fingerprint density at radius 1 is 0.829 bits per heavy atom. The summed E-state index contributed by atoms with van der Waals surface area (Å²) < 4.78 is 24.7. The summed E-state index contributed by atoms with van der Waals surface area (Å²) in [7, 11) is 0. The number of likely N-dealkylation sites (tertiary alicyclic amines) is 1. The Hall–Kier alpha value is -7.81. The van der Waals surface area contributed by atoms with Gasteiger partial charge in [-0.2, -0.15) is 5.10 Å². The molecule has 0 aliphatic carbocycles. The second-order valence-electron chi connectivity index (χ2n) is 19.0. The van der Waals surface area contributed by atoms with E-state index in [1.165, 1.54) is 6.07 Å². The molecule has 1 fully saturated rings. The first-order chi connectivity index (χ1) is 33.2. The zero-order chi connectivity index (χ0) is 50.5. The number of rotatable bonds is 17. The molecule has 0 bridgehead atoms. The number of imidazole rings is 1. The van der Waals surface area contributed by atoms with E-state index in [1.807, 2.05) is 55.7 Å². The van der Waals surface area contributed by atoms with Crippen LogP contribution >= 0.6 is 0 Å². The van der Waals surface area contributed by atoms with Crippen molar-refractivity contribution in [1.29, 1.82) is 0 Å². The van der Waals surface area contributed by atoms with Crippen molar-refractivity contribution in [3.63, 3.8) is 0 Å². The molecule has 2 aliphatic heterocycles. The average Bonchev–Trinajstić information content (AvgIpc) is 4.00. The predicted octanol–water partition coefficient (Wildman–Crippen LogP) is 6.71. The lowest BCUT2D eigenvalue weighted by Crippen LogP contribution is -2.60. The van der Waals surface area contributed by atoms with Crippen molar-refractivity contribution >= 4 is 69.9 Å². The summed E-state index contributed by atoms with van der Waals surface area (Å²) in [6, 6.07) is 17.5. The summed E-state index contributed by atoms with van der Waals surface area (Å²) >= 11 is 0. The van der Waals surface area contributed by atoms with Gasteiger partial charge in [-0.05, 0) is 81.6 Å². The number of amides is 7. The molecule has 2 aliphatic rings. The molecule has 0 radical (unpaired) electrons. The van der Waals surface area contributed by atoms with E-state index in [2.05, 4.69) is 36.4 Å². The number of fused-ring (bicyclic) bond motifs is 2. The van der Waals surface area contributed by atoms with E-state index in [1.54, 1.807) is 71.3 Å². The summed E-state index contributed by atoms with van der Waals surface area (Å²) in [4.78, 5) is 99.4. The number of carbonyl (C=O) groups excluding carboxylic acids is 7. The molecule has 21 nitrogen and oxygen atoms in total. The Balaban J connectivity index is 0.912. The lowest BCUT2D eigenvalue weighted by molar-refractivity contribution is -0.186. The molecule has 7 amide bonds. The smallest absolute Gasteiger partial charge is 0.408 e. The summed E-state index contributed by atoms with van der Waals surface area (Å²) in [5.74, 6) is -3.92. The first-order valence-corrected chi connectivity index (χ1v) is 22.9. The minimum Gasteiger partial charge on any atom is -0.491 e. The third-order valence-corrected chi connectivity index (χ3v) is 11.1. The number of alkyl carbamates (subject to hydrolysis) is 1. The number of imide groups is 2. The molecule has 1 unspecified atom stereocenters. The molecule has 21 heteroatoms. The van der Waals surface area contributed by atoms with Gasteiger partial charge in [0.05, 0.1) is 35.4 Å². The number of nitrogens with one attached hydrogen (secondary N) is 5. The van der Waals surface area contributed by atoms with Gasteiger partial charge in [0.2, 0.25) is 11.8 Å². The second kappa shape index (κ2) is 20.8. The molecule has 1 saturated heterocycles. The van der Waals surface area contributed by atoms with Crippen molar-refractivity contribution in [2.24, 2.45) is 5.92 Å². The Morgan fingerprint density at radius 2 is 1.56 bits per heavy atom. The number of anilines is 3. The van der Waals surface area contributed by atoms with Gasteiger partial charge >= 0.3 is 18.1 Å². The number of H-pyrrole nitrogens is 1. The number of nitrogens with zero attached hydrogens (tertiary/aromatic N) is 5. The number of esters is 1. The first kappa shape index (κ1) is 50.1. The highest BCUT2D eigenvalue weighted by atomic mass is 16.6. The van der Waals surface area contributed by atoms with Gasteiger partial charge < -0.3 is 34.9 Å². The van der Waals surface area contributed by atoms with Gasteiger partial charge in [0, 0.05) is 59.7 Å². The third-order valence-electron chi connectivity index (χ3n) is 11.1. The van der Waals surface area contributed by atoms with Crippen LogP contribution in [0.25, 0.3) is 16.7 Å². The number of carbonyl (C=O) groups is 7. The van der Waals surface area contributed by atoms with E-state index in [9.17, 15) is 33.6 Å². The molecule has 370 valence electrons. The maximum absolute atomic E-state index is 14.2. The number of piperidine rings is 1. The summed E-state index contributed by atoms with van der Waals surface area (Å²) in [6.07, 6.45) is -1.20. The molecule has 0 saturated carbocycles. The van der Waals surface area contributed by atoms with Crippen LogP contribution < -0.4 is 26.0 Å². The van der Waals surface area contributed by atoms with E-state index in [0.717, 1.165) is 16.9 Å². The minimum atomic E-state index is -2.06. The van der Waals surface area contributed by atoms with Crippen LogP contribution in [0.3, 0.4) is 0 Å². The van der Waals surface area contributed by atoms with Crippen LogP contribution in [-0.4, -0.2) is 116 Å². The van der Waals surface area contributed by atoms with E-state index in [4.69, 9.17) is 18.9 Å². The second-order valence-corrected chi connectivity index (χ2v) is 19.0. The Kier molecular flexibility index (Phi) is 14.9. The van der Waals surface area contributed by atoms with Crippen molar-refractivity contribution < 1.29 is 52.5 Å². The molecule has 5 aromatic rings. The molecule has 4 heterocycles. The Labute approximate surface area is 403 Å². The number of hydrogen-bond acceptors (Lipinski definition) is 14. The van der Waals surface area contributed by atoms with Crippen molar-refractivity contribution in [2.45, 2.75) is 98.1 Å². The Morgan fingerprint density at radius 3 is 2.23 bits per heavy atom. The zero-order valence-electron chi connectivity index (χ0n) is 40.3. The van der Waals surface area contributed by atoms with E-state index >= 15 is 0 Å². The number of urea groups is 1. The highest BCUT2D eigenvalue weighted by Crippen LogP contribution is 2.34. The highest BCUT2D eigenvalue weighted by molar-refractivity contribution is 6.24. The van der Waals surface area contributed by atoms with Crippen molar-refractivity contribution in [2.75, 3.05) is 42.3 Å². The van der Waals surface area contributed by atoms with Crippen molar-refractivity contribution in [3.05, 3.63) is 89.9 Å². The number of benzene rings is 3. The van der Waals surface area contributed by atoms with Crippen LogP contribution in [0.15, 0.2) is 73.1 Å².